The molecule has 1 aliphatic rings. The van der Waals surface area contributed by atoms with Gasteiger partial charge in [-0.05, 0) is 56.0 Å². The summed E-state index contributed by atoms with van der Waals surface area (Å²) in [6.45, 7) is 6.93. The predicted molar refractivity (Wildman–Crippen MR) is 119 cm³/mol. The molecule has 2 N–H and O–H groups in total. The molecule has 1 atom stereocenters. The van der Waals surface area contributed by atoms with E-state index < -0.39 is 22.0 Å². The van der Waals surface area contributed by atoms with E-state index in [1.807, 2.05) is 32.9 Å². The molecular formula is C22H27N3O5S. The van der Waals surface area contributed by atoms with Gasteiger partial charge < -0.3 is 15.4 Å². The molecule has 2 aromatic rings. The second kappa shape index (κ2) is 8.68. The van der Waals surface area contributed by atoms with Crippen molar-refractivity contribution in [2.45, 2.75) is 45.1 Å². The third kappa shape index (κ3) is 4.57. The lowest BCUT2D eigenvalue weighted by atomic mass is 10.1. The number of aryl methyl sites for hydroxylation is 2. The number of fused-ring (bicyclic) bond motifs is 1. The van der Waals surface area contributed by atoms with Crippen LogP contribution in [0.2, 0.25) is 0 Å². The standard InChI is InChI=1S/C22H27N3O5S/c1-6-18-22(27)24-17-10-14(3)20(11-19(17)30-18)31(28,29)25(5)12-21(26)23-16-9-7-8-13(2)15(16)4/h7-11,18H,6,12H2,1-5H3,(H,23,26)(H,24,27)/t18-/m0/s1. The number of rotatable bonds is 6. The van der Waals surface area contributed by atoms with Gasteiger partial charge in [-0.25, -0.2) is 8.42 Å². The number of nitrogens with zero attached hydrogens (tertiary/aromatic N) is 1. The van der Waals surface area contributed by atoms with Crippen LogP contribution in [0.1, 0.15) is 30.0 Å². The van der Waals surface area contributed by atoms with Gasteiger partial charge in [0.15, 0.2) is 6.10 Å². The van der Waals surface area contributed by atoms with E-state index in [1.54, 1.807) is 19.1 Å². The number of carbonyl (C=O) groups excluding carboxylic acids is 2. The summed E-state index contributed by atoms with van der Waals surface area (Å²) in [5.41, 5.74) is 3.48. The van der Waals surface area contributed by atoms with E-state index in [1.165, 1.54) is 13.1 Å². The molecule has 0 saturated carbocycles. The molecule has 166 valence electrons. The number of ether oxygens (including phenoxy) is 1. The number of likely N-dealkylation sites (N-methyl/N-ethyl adjacent to an activating group) is 1. The molecular weight excluding hydrogens is 418 g/mol. The zero-order chi connectivity index (χ0) is 22.9. The molecule has 0 saturated heterocycles. The van der Waals surface area contributed by atoms with Crippen LogP contribution in [0.25, 0.3) is 0 Å². The Hall–Kier alpha value is -2.91. The van der Waals surface area contributed by atoms with Crippen LogP contribution in [0.5, 0.6) is 5.75 Å². The van der Waals surface area contributed by atoms with Gasteiger partial charge in [0.05, 0.1) is 17.1 Å². The SMILES string of the molecule is CC[C@@H]1Oc2cc(S(=O)(=O)N(C)CC(=O)Nc3cccc(C)c3C)c(C)cc2NC1=O. The van der Waals surface area contributed by atoms with Crippen molar-refractivity contribution >= 4 is 33.2 Å². The molecule has 3 rings (SSSR count). The maximum atomic E-state index is 13.2. The van der Waals surface area contributed by atoms with Crippen molar-refractivity contribution in [3.63, 3.8) is 0 Å². The highest BCUT2D eigenvalue weighted by molar-refractivity contribution is 7.89. The van der Waals surface area contributed by atoms with E-state index in [0.29, 0.717) is 29.1 Å². The minimum Gasteiger partial charge on any atom is -0.478 e. The molecule has 1 heterocycles. The number of benzene rings is 2. The highest BCUT2D eigenvalue weighted by atomic mass is 32.2. The van der Waals surface area contributed by atoms with Crippen molar-refractivity contribution in [2.75, 3.05) is 24.2 Å². The van der Waals surface area contributed by atoms with Crippen molar-refractivity contribution in [1.82, 2.24) is 4.31 Å². The third-order valence-electron chi connectivity index (χ3n) is 5.40. The van der Waals surface area contributed by atoms with Gasteiger partial charge >= 0.3 is 0 Å². The fourth-order valence-corrected chi connectivity index (χ4v) is 4.71. The molecule has 1 aliphatic heterocycles. The lowest BCUT2D eigenvalue weighted by molar-refractivity contribution is -0.123. The Morgan fingerprint density at radius 1 is 1.19 bits per heavy atom. The van der Waals surface area contributed by atoms with Gasteiger partial charge in [-0.1, -0.05) is 19.1 Å². The molecule has 2 aromatic carbocycles. The Morgan fingerprint density at radius 2 is 1.90 bits per heavy atom. The van der Waals surface area contributed by atoms with Crippen molar-refractivity contribution in [1.29, 1.82) is 0 Å². The van der Waals surface area contributed by atoms with Gasteiger partial charge in [-0.15, -0.1) is 0 Å². The van der Waals surface area contributed by atoms with E-state index in [9.17, 15) is 18.0 Å². The van der Waals surface area contributed by atoms with Crippen molar-refractivity contribution in [2.24, 2.45) is 0 Å². The zero-order valence-electron chi connectivity index (χ0n) is 18.3. The number of hydrogen-bond acceptors (Lipinski definition) is 5. The number of hydrogen-bond donors (Lipinski definition) is 2. The maximum absolute atomic E-state index is 13.2. The lowest BCUT2D eigenvalue weighted by Crippen LogP contribution is -2.37. The lowest BCUT2D eigenvalue weighted by Gasteiger charge is -2.27. The Labute approximate surface area is 182 Å². The van der Waals surface area contributed by atoms with Crippen LogP contribution in [-0.4, -0.2) is 44.2 Å². The van der Waals surface area contributed by atoms with E-state index in [0.717, 1.165) is 15.4 Å². The molecule has 0 aromatic heterocycles. The summed E-state index contributed by atoms with van der Waals surface area (Å²) in [4.78, 5) is 24.5. The van der Waals surface area contributed by atoms with Crippen molar-refractivity contribution in [3.05, 3.63) is 47.0 Å². The Bertz CT molecular complexity index is 1140. The normalized spacial score (nSPS) is 15.8. The summed E-state index contributed by atoms with van der Waals surface area (Å²) in [7, 11) is -2.61. The van der Waals surface area contributed by atoms with Crippen LogP contribution in [0.15, 0.2) is 35.2 Å². The molecule has 0 unspecified atom stereocenters. The quantitative estimate of drug-likeness (QED) is 0.711. The molecule has 9 heteroatoms. The fraction of sp³-hybridized carbons (Fsp3) is 0.364. The first-order chi connectivity index (χ1) is 14.5. The first-order valence-electron chi connectivity index (χ1n) is 9.99. The van der Waals surface area contributed by atoms with Gasteiger partial charge in [0.2, 0.25) is 15.9 Å². The molecule has 0 fully saturated rings. The minimum atomic E-state index is -3.97. The summed E-state index contributed by atoms with van der Waals surface area (Å²) in [5, 5.41) is 5.51. The largest absolute Gasteiger partial charge is 0.478 e. The molecule has 0 spiro atoms. The number of anilines is 2. The second-order valence-corrected chi connectivity index (χ2v) is 9.69. The van der Waals surface area contributed by atoms with Crippen LogP contribution in [0.3, 0.4) is 0 Å². The van der Waals surface area contributed by atoms with E-state index >= 15 is 0 Å². The number of carbonyl (C=O) groups is 2. The van der Waals surface area contributed by atoms with E-state index in [4.69, 9.17) is 4.74 Å². The van der Waals surface area contributed by atoms with Crippen LogP contribution in [0.4, 0.5) is 11.4 Å². The highest BCUT2D eigenvalue weighted by Crippen LogP contribution is 2.35. The van der Waals surface area contributed by atoms with Crippen LogP contribution >= 0.6 is 0 Å². The van der Waals surface area contributed by atoms with Crippen LogP contribution in [-0.2, 0) is 19.6 Å². The monoisotopic (exact) mass is 445 g/mol. The molecule has 0 radical (unpaired) electrons. The molecule has 2 amide bonds. The van der Waals surface area contributed by atoms with Crippen molar-refractivity contribution in [3.8, 4) is 5.75 Å². The average molecular weight is 446 g/mol. The van der Waals surface area contributed by atoms with Gasteiger partial charge in [-0.2, -0.15) is 4.31 Å². The van der Waals surface area contributed by atoms with Gasteiger partial charge in [0.1, 0.15) is 5.75 Å². The molecule has 31 heavy (non-hydrogen) atoms. The zero-order valence-corrected chi connectivity index (χ0v) is 19.1. The number of amides is 2. The summed E-state index contributed by atoms with van der Waals surface area (Å²) in [6.07, 6.45) is -0.216. The number of sulfonamides is 1. The van der Waals surface area contributed by atoms with E-state index in [-0.39, 0.29) is 17.3 Å². The van der Waals surface area contributed by atoms with Gasteiger partial charge in [-0.3, -0.25) is 9.59 Å². The summed E-state index contributed by atoms with van der Waals surface area (Å²) in [5.74, 6) is -0.404. The summed E-state index contributed by atoms with van der Waals surface area (Å²) < 4.78 is 33.0. The average Bonchev–Trinajstić information content (AvgIpc) is 2.70. The smallest absolute Gasteiger partial charge is 0.265 e. The Morgan fingerprint density at radius 3 is 2.58 bits per heavy atom. The van der Waals surface area contributed by atoms with Crippen LogP contribution < -0.4 is 15.4 Å². The Kier molecular flexibility index (Phi) is 6.38. The molecule has 8 nitrogen and oxygen atoms in total. The third-order valence-corrected chi connectivity index (χ3v) is 7.35. The number of nitrogens with one attached hydrogen (secondary N) is 2. The summed E-state index contributed by atoms with van der Waals surface area (Å²) >= 11 is 0. The molecule has 0 bridgehead atoms. The fourth-order valence-electron chi connectivity index (χ4n) is 3.36. The summed E-state index contributed by atoms with van der Waals surface area (Å²) in [6, 6.07) is 8.51. The highest BCUT2D eigenvalue weighted by Gasteiger charge is 2.31. The molecule has 0 aliphatic carbocycles. The van der Waals surface area contributed by atoms with E-state index in [2.05, 4.69) is 10.6 Å². The van der Waals surface area contributed by atoms with Crippen molar-refractivity contribution < 1.29 is 22.7 Å². The van der Waals surface area contributed by atoms with Gasteiger partial charge in [0, 0.05) is 18.8 Å². The predicted octanol–water partition coefficient (Wildman–Crippen LogP) is 2.98. The topological polar surface area (TPSA) is 105 Å². The second-order valence-electron chi connectivity index (χ2n) is 7.67. The van der Waals surface area contributed by atoms with Crippen LogP contribution in [0, 0.1) is 20.8 Å². The Balaban J connectivity index is 1.81. The maximum Gasteiger partial charge on any atom is 0.265 e. The van der Waals surface area contributed by atoms with Gasteiger partial charge in [0.25, 0.3) is 5.91 Å². The first kappa shape index (κ1) is 22.8. The minimum absolute atomic E-state index is 0.0271. The first-order valence-corrected chi connectivity index (χ1v) is 11.4.